The molecule has 1 fully saturated rings. The molecule has 1 aliphatic carbocycles. The zero-order valence-electron chi connectivity index (χ0n) is 13.6. The predicted molar refractivity (Wildman–Crippen MR) is 84.2 cm³/mol. The largest absolute Gasteiger partial charge is 0.573 e. The van der Waals surface area contributed by atoms with E-state index in [-0.39, 0.29) is 17.1 Å². The number of benzene rings is 1. The van der Waals surface area contributed by atoms with Crippen molar-refractivity contribution in [1.82, 2.24) is 14.9 Å². The van der Waals surface area contributed by atoms with Crippen LogP contribution in [0.5, 0.6) is 5.75 Å². The SMILES string of the molecule is Cn1cnc(C(=O)NCC2(c3cccc(OC(F)(F)F)c3)CCC2)c1. The lowest BCUT2D eigenvalue weighted by molar-refractivity contribution is -0.274. The van der Waals surface area contributed by atoms with Crippen molar-refractivity contribution < 1.29 is 22.7 Å². The highest BCUT2D eigenvalue weighted by Crippen LogP contribution is 2.44. The van der Waals surface area contributed by atoms with Crippen LogP contribution in [0.4, 0.5) is 13.2 Å². The number of aryl methyl sites for hydroxylation is 1. The summed E-state index contributed by atoms with van der Waals surface area (Å²) in [5.41, 5.74) is 0.683. The van der Waals surface area contributed by atoms with Crippen LogP contribution < -0.4 is 10.1 Å². The lowest BCUT2D eigenvalue weighted by atomic mass is 9.64. The number of nitrogens with one attached hydrogen (secondary N) is 1. The van der Waals surface area contributed by atoms with Gasteiger partial charge in [-0.05, 0) is 30.5 Å². The Balaban J connectivity index is 1.72. The minimum Gasteiger partial charge on any atom is -0.406 e. The van der Waals surface area contributed by atoms with Gasteiger partial charge in [0.05, 0.1) is 6.33 Å². The van der Waals surface area contributed by atoms with Crippen LogP contribution in [-0.2, 0) is 12.5 Å². The van der Waals surface area contributed by atoms with Crippen LogP contribution in [0.2, 0.25) is 0 Å². The van der Waals surface area contributed by atoms with Gasteiger partial charge in [0.1, 0.15) is 11.4 Å². The highest BCUT2D eigenvalue weighted by molar-refractivity contribution is 5.92. The van der Waals surface area contributed by atoms with Crippen LogP contribution >= 0.6 is 0 Å². The summed E-state index contributed by atoms with van der Waals surface area (Å²) in [5.74, 6) is -0.540. The molecule has 1 aromatic carbocycles. The molecular formula is C17H18F3N3O2. The van der Waals surface area contributed by atoms with E-state index in [1.165, 1.54) is 24.5 Å². The first-order chi connectivity index (χ1) is 11.8. The van der Waals surface area contributed by atoms with Crippen molar-refractivity contribution in [2.24, 2.45) is 7.05 Å². The zero-order valence-corrected chi connectivity index (χ0v) is 13.6. The van der Waals surface area contributed by atoms with Gasteiger partial charge >= 0.3 is 6.36 Å². The van der Waals surface area contributed by atoms with Crippen molar-refractivity contribution in [3.05, 3.63) is 48.0 Å². The van der Waals surface area contributed by atoms with E-state index in [0.717, 1.165) is 24.8 Å². The number of rotatable bonds is 5. The molecule has 1 N–H and O–H groups in total. The maximum atomic E-state index is 12.4. The first-order valence-electron chi connectivity index (χ1n) is 7.90. The van der Waals surface area contributed by atoms with E-state index in [1.807, 2.05) is 0 Å². The number of hydrogen-bond acceptors (Lipinski definition) is 3. The van der Waals surface area contributed by atoms with Crippen molar-refractivity contribution in [2.45, 2.75) is 31.0 Å². The van der Waals surface area contributed by atoms with E-state index in [9.17, 15) is 18.0 Å². The van der Waals surface area contributed by atoms with Gasteiger partial charge in [0.2, 0.25) is 0 Å². The molecule has 1 amide bonds. The predicted octanol–water partition coefficient (Wildman–Crippen LogP) is 3.17. The average molecular weight is 353 g/mol. The molecule has 3 rings (SSSR count). The normalized spacial score (nSPS) is 16.2. The monoisotopic (exact) mass is 353 g/mol. The van der Waals surface area contributed by atoms with Crippen LogP contribution in [0.1, 0.15) is 35.3 Å². The molecule has 134 valence electrons. The summed E-state index contributed by atoms with van der Waals surface area (Å²) in [5, 5.41) is 2.84. The molecular weight excluding hydrogens is 335 g/mol. The number of ether oxygens (including phenoxy) is 1. The van der Waals surface area contributed by atoms with Crippen LogP contribution in [0.3, 0.4) is 0 Å². The third-order valence-electron chi connectivity index (χ3n) is 4.52. The zero-order chi connectivity index (χ0) is 18.1. The molecule has 25 heavy (non-hydrogen) atoms. The number of carbonyl (C=O) groups is 1. The molecule has 0 bridgehead atoms. The summed E-state index contributed by atoms with van der Waals surface area (Å²) in [6.45, 7) is 0.345. The number of alkyl halides is 3. The third kappa shape index (κ3) is 3.94. The highest BCUT2D eigenvalue weighted by atomic mass is 19.4. The lowest BCUT2D eigenvalue weighted by Crippen LogP contribution is -2.45. The van der Waals surface area contributed by atoms with E-state index in [4.69, 9.17) is 0 Å². The van der Waals surface area contributed by atoms with Crippen LogP contribution in [0, 0.1) is 0 Å². The fourth-order valence-corrected chi connectivity index (χ4v) is 3.06. The standard InChI is InChI=1S/C17H18F3N3O2/c1-23-9-14(22-11-23)15(24)21-10-16(6-3-7-16)12-4-2-5-13(8-12)25-17(18,19)20/h2,4-5,8-9,11H,3,6-7,10H2,1H3,(H,21,24). The minimum absolute atomic E-state index is 0.243. The molecule has 1 saturated carbocycles. The third-order valence-corrected chi connectivity index (χ3v) is 4.52. The molecule has 0 aliphatic heterocycles. The number of nitrogens with zero attached hydrogens (tertiary/aromatic N) is 2. The maximum Gasteiger partial charge on any atom is 0.573 e. The van der Waals surface area contributed by atoms with Gasteiger partial charge in [0, 0.05) is 25.2 Å². The van der Waals surface area contributed by atoms with Gasteiger partial charge in [-0.15, -0.1) is 13.2 Å². The molecule has 0 unspecified atom stereocenters. The molecule has 0 saturated heterocycles. The molecule has 8 heteroatoms. The Morgan fingerprint density at radius 1 is 1.40 bits per heavy atom. The second-order valence-corrected chi connectivity index (χ2v) is 6.32. The molecule has 0 spiro atoms. The number of carbonyl (C=O) groups excluding carboxylic acids is 1. The summed E-state index contributed by atoms with van der Waals surface area (Å²) in [4.78, 5) is 16.2. The van der Waals surface area contributed by atoms with E-state index in [2.05, 4.69) is 15.0 Å². The van der Waals surface area contributed by atoms with E-state index in [1.54, 1.807) is 23.9 Å². The number of aromatic nitrogens is 2. The number of amides is 1. The van der Waals surface area contributed by atoms with Crippen LogP contribution in [-0.4, -0.2) is 28.4 Å². The molecule has 1 aromatic heterocycles. The smallest absolute Gasteiger partial charge is 0.406 e. The molecule has 0 atom stereocenters. The van der Waals surface area contributed by atoms with Gasteiger partial charge in [-0.2, -0.15) is 0 Å². The fourth-order valence-electron chi connectivity index (χ4n) is 3.06. The van der Waals surface area contributed by atoms with Gasteiger partial charge in [-0.25, -0.2) is 4.98 Å². The summed E-state index contributed by atoms with van der Waals surface area (Å²) in [6.07, 6.45) is 0.977. The van der Waals surface area contributed by atoms with Crippen LogP contribution in [0.15, 0.2) is 36.8 Å². The van der Waals surface area contributed by atoms with Crippen molar-refractivity contribution in [3.8, 4) is 5.75 Å². The number of hydrogen-bond donors (Lipinski definition) is 1. The molecule has 5 nitrogen and oxygen atoms in total. The van der Waals surface area contributed by atoms with Gasteiger partial charge in [-0.3, -0.25) is 4.79 Å². The Morgan fingerprint density at radius 3 is 2.72 bits per heavy atom. The summed E-state index contributed by atoms with van der Waals surface area (Å²) >= 11 is 0. The Hall–Kier alpha value is -2.51. The lowest BCUT2D eigenvalue weighted by Gasteiger charge is -2.42. The Kier molecular flexibility index (Phi) is 4.45. The van der Waals surface area contributed by atoms with E-state index >= 15 is 0 Å². The topological polar surface area (TPSA) is 56.2 Å². The van der Waals surface area contributed by atoms with E-state index in [0.29, 0.717) is 12.2 Å². The summed E-state index contributed by atoms with van der Waals surface area (Å²) in [6, 6.07) is 5.99. The second kappa shape index (κ2) is 6.42. The Labute approximate surface area is 142 Å². The summed E-state index contributed by atoms with van der Waals surface area (Å²) < 4.78 is 42.9. The highest BCUT2D eigenvalue weighted by Gasteiger charge is 2.40. The average Bonchev–Trinajstić information content (AvgIpc) is 2.91. The van der Waals surface area contributed by atoms with Crippen molar-refractivity contribution in [3.63, 3.8) is 0 Å². The van der Waals surface area contributed by atoms with Gasteiger partial charge in [0.15, 0.2) is 0 Å². The first-order valence-corrected chi connectivity index (χ1v) is 7.90. The molecule has 1 aliphatic rings. The Morgan fingerprint density at radius 2 is 2.16 bits per heavy atom. The van der Waals surface area contributed by atoms with Gasteiger partial charge in [0.25, 0.3) is 5.91 Å². The van der Waals surface area contributed by atoms with Crippen molar-refractivity contribution in [2.75, 3.05) is 6.54 Å². The van der Waals surface area contributed by atoms with Crippen LogP contribution in [0.25, 0.3) is 0 Å². The second-order valence-electron chi connectivity index (χ2n) is 6.32. The number of imidazole rings is 1. The van der Waals surface area contributed by atoms with Crippen molar-refractivity contribution >= 4 is 5.91 Å². The van der Waals surface area contributed by atoms with Gasteiger partial charge < -0.3 is 14.6 Å². The van der Waals surface area contributed by atoms with Crippen molar-refractivity contribution in [1.29, 1.82) is 0 Å². The molecule has 1 heterocycles. The number of halogens is 3. The Bertz CT molecular complexity index is 766. The molecule has 2 aromatic rings. The maximum absolute atomic E-state index is 12.4. The van der Waals surface area contributed by atoms with E-state index < -0.39 is 6.36 Å². The molecule has 0 radical (unpaired) electrons. The quantitative estimate of drug-likeness (QED) is 0.898. The first kappa shape index (κ1) is 17.3. The fraction of sp³-hybridized carbons (Fsp3) is 0.412. The van der Waals surface area contributed by atoms with Gasteiger partial charge in [-0.1, -0.05) is 18.6 Å². The summed E-state index contributed by atoms with van der Waals surface area (Å²) in [7, 11) is 1.77. The minimum atomic E-state index is -4.72.